The van der Waals surface area contributed by atoms with E-state index in [2.05, 4.69) is 10.3 Å². The van der Waals surface area contributed by atoms with Crippen LogP contribution in [0.5, 0.6) is 0 Å². The number of thiocarbonyl (C=S) groups is 1. The minimum Gasteiger partial charge on any atom is -0.385 e. The highest BCUT2D eigenvalue weighted by Crippen LogP contribution is 2.33. The van der Waals surface area contributed by atoms with Gasteiger partial charge in [0, 0.05) is 33.0 Å². The average molecular weight is 433 g/mol. The number of nitrogens with zero attached hydrogens (tertiary/aromatic N) is 3. The maximum Gasteiger partial charge on any atom is 0.267 e. The number of methoxy groups -OCH3 is 1. The van der Waals surface area contributed by atoms with Crippen LogP contribution in [0.1, 0.15) is 30.9 Å². The number of fused-ring (bicyclic) bond motifs is 1. The van der Waals surface area contributed by atoms with Crippen LogP contribution in [0.25, 0.3) is 11.7 Å². The van der Waals surface area contributed by atoms with E-state index in [1.165, 1.54) is 16.2 Å². The second-order valence-corrected chi connectivity index (χ2v) is 8.35. The summed E-state index contributed by atoms with van der Waals surface area (Å²) in [5.74, 6) is 0.294. The molecule has 1 fully saturated rings. The van der Waals surface area contributed by atoms with Crippen LogP contribution in [0.3, 0.4) is 0 Å². The van der Waals surface area contributed by atoms with Crippen LogP contribution in [0.15, 0.2) is 28.0 Å². The van der Waals surface area contributed by atoms with E-state index in [0.29, 0.717) is 52.4 Å². The predicted octanol–water partition coefficient (Wildman–Crippen LogP) is 3.06. The summed E-state index contributed by atoms with van der Waals surface area (Å²) in [6.07, 6.45) is 4.88. The zero-order valence-corrected chi connectivity index (χ0v) is 18.4. The number of aryl methyl sites for hydroxylation is 1. The van der Waals surface area contributed by atoms with Crippen molar-refractivity contribution in [3.05, 3.63) is 44.7 Å². The molecule has 3 heterocycles. The lowest BCUT2D eigenvalue weighted by molar-refractivity contribution is -0.122. The molecule has 2 aromatic heterocycles. The molecule has 1 amide bonds. The van der Waals surface area contributed by atoms with Crippen molar-refractivity contribution in [1.29, 1.82) is 0 Å². The first-order chi connectivity index (χ1) is 14.0. The van der Waals surface area contributed by atoms with Gasteiger partial charge in [0.25, 0.3) is 11.5 Å². The van der Waals surface area contributed by atoms with E-state index in [0.717, 1.165) is 12.0 Å². The van der Waals surface area contributed by atoms with Gasteiger partial charge in [0.2, 0.25) is 0 Å². The molecule has 0 unspecified atom stereocenters. The number of rotatable bonds is 8. The van der Waals surface area contributed by atoms with E-state index in [9.17, 15) is 9.59 Å². The second-order valence-electron chi connectivity index (χ2n) is 6.67. The standard InChI is InChI=1S/C20H24N4O3S2/c1-4-8-21-16-14(18(25)23-9-5-7-13(2)17(23)22-16)12-15-19(26)24(20(28)29-15)10-6-11-27-3/h5,7,9,12,21H,4,6,8,10-11H2,1-3H3. The van der Waals surface area contributed by atoms with E-state index < -0.39 is 0 Å². The molecule has 29 heavy (non-hydrogen) atoms. The number of carbonyl (C=O) groups is 1. The fourth-order valence-corrected chi connectivity index (χ4v) is 4.30. The van der Waals surface area contributed by atoms with E-state index in [1.807, 2.05) is 26.0 Å². The Bertz CT molecular complexity index is 1030. The van der Waals surface area contributed by atoms with Crippen molar-refractivity contribution in [2.24, 2.45) is 0 Å². The van der Waals surface area contributed by atoms with Crippen molar-refractivity contribution in [1.82, 2.24) is 14.3 Å². The van der Waals surface area contributed by atoms with Crippen molar-refractivity contribution in [3.8, 4) is 0 Å². The van der Waals surface area contributed by atoms with Gasteiger partial charge in [-0.05, 0) is 37.5 Å². The smallest absolute Gasteiger partial charge is 0.267 e. The molecule has 0 spiro atoms. The summed E-state index contributed by atoms with van der Waals surface area (Å²) in [6.45, 7) is 5.67. The van der Waals surface area contributed by atoms with Gasteiger partial charge in [-0.1, -0.05) is 37.0 Å². The van der Waals surface area contributed by atoms with Crippen LogP contribution in [-0.4, -0.2) is 51.3 Å². The van der Waals surface area contributed by atoms with Crippen molar-refractivity contribution < 1.29 is 9.53 Å². The van der Waals surface area contributed by atoms with Gasteiger partial charge in [-0.3, -0.25) is 18.9 Å². The van der Waals surface area contributed by atoms with Gasteiger partial charge >= 0.3 is 0 Å². The first-order valence-corrected chi connectivity index (χ1v) is 10.7. The summed E-state index contributed by atoms with van der Waals surface area (Å²) >= 11 is 6.57. The number of anilines is 1. The Morgan fingerprint density at radius 1 is 1.38 bits per heavy atom. The highest BCUT2D eigenvalue weighted by molar-refractivity contribution is 8.26. The van der Waals surface area contributed by atoms with Crippen molar-refractivity contribution >= 4 is 51.7 Å². The number of thioether (sulfide) groups is 1. The number of hydrogen-bond donors (Lipinski definition) is 1. The fraction of sp³-hybridized carbons (Fsp3) is 0.400. The largest absolute Gasteiger partial charge is 0.385 e. The van der Waals surface area contributed by atoms with E-state index in [1.54, 1.807) is 24.3 Å². The Hall–Kier alpha value is -2.23. The molecule has 1 N–H and O–H groups in total. The lowest BCUT2D eigenvalue weighted by Gasteiger charge is -2.13. The van der Waals surface area contributed by atoms with Gasteiger partial charge in [-0.15, -0.1) is 0 Å². The summed E-state index contributed by atoms with van der Waals surface area (Å²) in [6, 6.07) is 3.72. The Balaban J connectivity index is 2.04. The Labute approximate surface area is 179 Å². The third-order valence-corrected chi connectivity index (χ3v) is 5.88. The molecular weight excluding hydrogens is 408 g/mol. The third kappa shape index (κ3) is 4.52. The Kier molecular flexibility index (Phi) is 7.05. The van der Waals surface area contributed by atoms with Crippen LogP contribution in [0, 0.1) is 6.92 Å². The van der Waals surface area contributed by atoms with Crippen LogP contribution < -0.4 is 10.9 Å². The Morgan fingerprint density at radius 3 is 2.90 bits per heavy atom. The van der Waals surface area contributed by atoms with Crippen LogP contribution in [-0.2, 0) is 9.53 Å². The monoisotopic (exact) mass is 432 g/mol. The number of ether oxygens (including phenoxy) is 1. The number of pyridine rings is 1. The van der Waals surface area contributed by atoms with Crippen LogP contribution in [0.4, 0.5) is 5.82 Å². The summed E-state index contributed by atoms with van der Waals surface area (Å²) in [7, 11) is 1.62. The quantitative estimate of drug-likeness (QED) is 0.390. The minimum atomic E-state index is -0.220. The summed E-state index contributed by atoms with van der Waals surface area (Å²) in [4.78, 5) is 32.7. The SMILES string of the molecule is CCCNc1nc2c(C)cccn2c(=O)c1C=C1SC(=S)N(CCCOC)C1=O. The van der Waals surface area contributed by atoms with Gasteiger partial charge in [-0.25, -0.2) is 4.98 Å². The molecule has 1 saturated heterocycles. The zero-order chi connectivity index (χ0) is 21.0. The van der Waals surface area contributed by atoms with Crippen molar-refractivity contribution in [2.45, 2.75) is 26.7 Å². The van der Waals surface area contributed by atoms with Gasteiger partial charge in [0.15, 0.2) is 0 Å². The molecule has 0 radical (unpaired) electrons. The maximum absolute atomic E-state index is 13.2. The molecule has 9 heteroatoms. The summed E-state index contributed by atoms with van der Waals surface area (Å²) in [5, 5.41) is 3.22. The molecule has 0 aromatic carbocycles. The molecule has 2 aromatic rings. The highest BCUT2D eigenvalue weighted by atomic mass is 32.2. The topological polar surface area (TPSA) is 75.9 Å². The van der Waals surface area contributed by atoms with E-state index in [4.69, 9.17) is 17.0 Å². The molecule has 7 nitrogen and oxygen atoms in total. The number of amides is 1. The lowest BCUT2D eigenvalue weighted by Crippen LogP contribution is -2.29. The molecule has 1 aliphatic rings. The Morgan fingerprint density at radius 2 is 2.17 bits per heavy atom. The fourth-order valence-electron chi connectivity index (χ4n) is 3.01. The van der Waals surface area contributed by atoms with E-state index in [-0.39, 0.29) is 11.5 Å². The maximum atomic E-state index is 13.2. The van der Waals surface area contributed by atoms with Crippen LogP contribution in [0.2, 0.25) is 0 Å². The van der Waals surface area contributed by atoms with Gasteiger partial charge in [-0.2, -0.15) is 0 Å². The van der Waals surface area contributed by atoms with Crippen LogP contribution >= 0.6 is 24.0 Å². The van der Waals surface area contributed by atoms with E-state index >= 15 is 0 Å². The molecule has 0 aliphatic carbocycles. The first-order valence-electron chi connectivity index (χ1n) is 9.48. The molecule has 154 valence electrons. The average Bonchev–Trinajstić information content (AvgIpc) is 2.97. The third-order valence-electron chi connectivity index (χ3n) is 4.51. The number of aromatic nitrogens is 2. The summed E-state index contributed by atoms with van der Waals surface area (Å²) < 4.78 is 7.05. The molecular formula is C20H24N4O3S2. The number of carbonyl (C=O) groups excluding carboxylic acids is 1. The molecule has 0 bridgehead atoms. The highest BCUT2D eigenvalue weighted by Gasteiger charge is 2.32. The van der Waals surface area contributed by atoms with Gasteiger partial charge < -0.3 is 10.1 Å². The molecule has 0 saturated carbocycles. The van der Waals surface area contributed by atoms with Crippen molar-refractivity contribution in [2.75, 3.05) is 32.1 Å². The minimum absolute atomic E-state index is 0.189. The molecule has 1 aliphatic heterocycles. The van der Waals surface area contributed by atoms with Gasteiger partial charge in [0.1, 0.15) is 15.8 Å². The lowest BCUT2D eigenvalue weighted by atomic mass is 10.2. The number of nitrogens with one attached hydrogen (secondary N) is 1. The van der Waals surface area contributed by atoms with Gasteiger partial charge in [0.05, 0.1) is 10.5 Å². The second kappa shape index (κ2) is 9.51. The molecule has 3 rings (SSSR count). The van der Waals surface area contributed by atoms with Crippen molar-refractivity contribution in [3.63, 3.8) is 0 Å². The zero-order valence-electron chi connectivity index (χ0n) is 16.7. The molecule has 0 atom stereocenters. The number of hydrogen-bond acceptors (Lipinski definition) is 7. The first kappa shape index (κ1) is 21.5. The predicted molar refractivity (Wildman–Crippen MR) is 121 cm³/mol. The summed E-state index contributed by atoms with van der Waals surface area (Å²) in [5.41, 5.74) is 1.64. The normalized spacial score (nSPS) is 15.7.